The van der Waals surface area contributed by atoms with E-state index >= 15 is 0 Å². The third-order valence-corrected chi connectivity index (χ3v) is 3.72. The van der Waals surface area contributed by atoms with Gasteiger partial charge in [0, 0.05) is 18.0 Å². The van der Waals surface area contributed by atoms with Crippen LogP contribution in [0.4, 0.5) is 14.5 Å². The highest BCUT2D eigenvalue weighted by molar-refractivity contribution is 7.99. The minimum Gasteiger partial charge on any atom is -0.398 e. The molecule has 1 aromatic carbocycles. The zero-order valence-corrected chi connectivity index (χ0v) is 11.0. The van der Waals surface area contributed by atoms with Crippen molar-refractivity contribution in [3.63, 3.8) is 0 Å². The Morgan fingerprint density at radius 2 is 1.88 bits per heavy atom. The van der Waals surface area contributed by atoms with Crippen molar-refractivity contribution >= 4 is 17.4 Å². The van der Waals surface area contributed by atoms with Crippen molar-refractivity contribution < 1.29 is 8.78 Å². The van der Waals surface area contributed by atoms with E-state index in [1.54, 1.807) is 0 Å². The van der Waals surface area contributed by atoms with Gasteiger partial charge in [-0.25, -0.2) is 8.78 Å². The van der Waals surface area contributed by atoms with Crippen LogP contribution >= 0.6 is 11.8 Å². The summed E-state index contributed by atoms with van der Waals surface area (Å²) in [5, 5.41) is 0. The maximum Gasteiger partial charge on any atom is 0.174 e. The van der Waals surface area contributed by atoms with Crippen molar-refractivity contribution in [2.24, 2.45) is 0 Å². The van der Waals surface area contributed by atoms with E-state index in [0.717, 1.165) is 25.7 Å². The number of hydrogen-bond acceptors (Lipinski definition) is 3. The molecule has 0 saturated heterocycles. The molecule has 17 heavy (non-hydrogen) atoms. The molecule has 0 heterocycles. The summed E-state index contributed by atoms with van der Waals surface area (Å²) < 4.78 is 26.5. The molecule has 1 aromatic rings. The molecule has 0 bridgehead atoms. The molecule has 0 atom stereocenters. The second-order valence-electron chi connectivity index (χ2n) is 3.66. The lowest BCUT2D eigenvalue weighted by Gasteiger charge is -2.17. The Morgan fingerprint density at radius 3 is 2.47 bits per heavy atom. The molecule has 0 saturated carbocycles. The molecule has 96 valence electrons. The van der Waals surface area contributed by atoms with Gasteiger partial charge >= 0.3 is 0 Å². The summed E-state index contributed by atoms with van der Waals surface area (Å²) in [4.78, 5) is 2.44. The maximum atomic E-state index is 13.5. The number of thioether (sulfide) groups is 1. The molecular formula is C12H18F2N2S. The van der Waals surface area contributed by atoms with Crippen molar-refractivity contribution in [3.05, 3.63) is 23.8 Å². The fourth-order valence-electron chi connectivity index (χ4n) is 1.51. The van der Waals surface area contributed by atoms with Crippen LogP contribution in [-0.4, -0.2) is 30.3 Å². The Balaban J connectivity index is 2.60. The Morgan fingerprint density at radius 1 is 1.24 bits per heavy atom. The van der Waals surface area contributed by atoms with Crippen molar-refractivity contribution in [3.8, 4) is 0 Å². The lowest BCUT2D eigenvalue weighted by molar-refractivity contribution is 0.324. The quantitative estimate of drug-likeness (QED) is 0.630. The van der Waals surface area contributed by atoms with E-state index in [0.29, 0.717) is 11.4 Å². The fraction of sp³-hybridized carbons (Fsp3) is 0.500. The van der Waals surface area contributed by atoms with Gasteiger partial charge in [-0.05, 0) is 25.2 Å². The molecule has 5 heteroatoms. The van der Waals surface area contributed by atoms with Gasteiger partial charge in [-0.1, -0.05) is 13.8 Å². The van der Waals surface area contributed by atoms with Gasteiger partial charge in [0.2, 0.25) is 0 Å². The van der Waals surface area contributed by atoms with Crippen molar-refractivity contribution in [1.82, 2.24) is 4.90 Å². The number of anilines is 1. The second-order valence-corrected chi connectivity index (χ2v) is 4.76. The SMILES string of the molecule is CCN(CC)CCSc1c(N)ccc(F)c1F. The largest absolute Gasteiger partial charge is 0.398 e. The summed E-state index contributed by atoms with van der Waals surface area (Å²) in [6.45, 7) is 6.90. The molecule has 0 unspecified atom stereocenters. The van der Waals surface area contributed by atoms with Crippen LogP contribution < -0.4 is 5.73 Å². The molecule has 2 nitrogen and oxygen atoms in total. The Hall–Kier alpha value is -0.810. The Kier molecular flexibility index (Phi) is 5.71. The number of rotatable bonds is 6. The summed E-state index contributed by atoms with van der Waals surface area (Å²) in [6, 6.07) is 2.46. The smallest absolute Gasteiger partial charge is 0.174 e. The second kappa shape index (κ2) is 6.81. The number of nitrogens with two attached hydrogens (primary N) is 1. The van der Waals surface area contributed by atoms with E-state index < -0.39 is 11.6 Å². The summed E-state index contributed by atoms with van der Waals surface area (Å²) in [6.07, 6.45) is 0. The summed E-state index contributed by atoms with van der Waals surface area (Å²) in [5.74, 6) is -0.981. The first-order valence-electron chi connectivity index (χ1n) is 5.68. The van der Waals surface area contributed by atoms with Gasteiger partial charge in [0.05, 0.1) is 4.90 Å². The van der Waals surface area contributed by atoms with E-state index in [2.05, 4.69) is 18.7 Å². The third-order valence-electron chi connectivity index (χ3n) is 2.63. The van der Waals surface area contributed by atoms with Crippen LogP contribution in [0.3, 0.4) is 0 Å². The lowest BCUT2D eigenvalue weighted by atomic mass is 10.3. The predicted octanol–water partition coefficient (Wildman–Crippen LogP) is 2.98. The third kappa shape index (κ3) is 3.85. The Bertz CT molecular complexity index is 368. The normalized spacial score (nSPS) is 11.1. The van der Waals surface area contributed by atoms with E-state index in [1.165, 1.54) is 17.8 Å². The lowest BCUT2D eigenvalue weighted by Crippen LogP contribution is -2.25. The van der Waals surface area contributed by atoms with Crippen LogP contribution in [0, 0.1) is 11.6 Å². The van der Waals surface area contributed by atoms with Crippen LogP contribution in [0.1, 0.15) is 13.8 Å². The Labute approximate surface area is 105 Å². The molecule has 0 aliphatic heterocycles. The van der Waals surface area contributed by atoms with Crippen LogP contribution in [0.25, 0.3) is 0 Å². The molecule has 0 fully saturated rings. The average molecular weight is 260 g/mol. The minimum absolute atomic E-state index is 0.220. The van der Waals surface area contributed by atoms with E-state index in [9.17, 15) is 8.78 Å². The van der Waals surface area contributed by atoms with E-state index in [4.69, 9.17) is 5.73 Å². The molecule has 1 rings (SSSR count). The molecule has 0 amide bonds. The summed E-state index contributed by atoms with van der Waals surface area (Å²) in [7, 11) is 0. The highest BCUT2D eigenvalue weighted by Crippen LogP contribution is 2.29. The fourth-order valence-corrected chi connectivity index (χ4v) is 2.52. The van der Waals surface area contributed by atoms with Crippen LogP contribution in [0.15, 0.2) is 17.0 Å². The molecular weight excluding hydrogens is 242 g/mol. The maximum absolute atomic E-state index is 13.5. The predicted molar refractivity (Wildman–Crippen MR) is 69.3 cm³/mol. The molecule has 0 aliphatic carbocycles. The molecule has 0 spiro atoms. The summed E-state index contributed by atoms with van der Waals surface area (Å²) in [5.41, 5.74) is 5.93. The van der Waals surface area contributed by atoms with Crippen LogP contribution in [0.2, 0.25) is 0 Å². The number of benzene rings is 1. The monoisotopic (exact) mass is 260 g/mol. The number of hydrogen-bond donors (Lipinski definition) is 1. The zero-order valence-electron chi connectivity index (χ0n) is 10.2. The van der Waals surface area contributed by atoms with E-state index in [-0.39, 0.29) is 4.90 Å². The van der Waals surface area contributed by atoms with Gasteiger partial charge in [-0.15, -0.1) is 11.8 Å². The average Bonchev–Trinajstić information content (AvgIpc) is 2.33. The standard InChI is InChI=1S/C12H18F2N2S/c1-3-16(4-2)7-8-17-12-10(15)6-5-9(13)11(12)14/h5-6H,3-4,7-8,15H2,1-2H3. The van der Waals surface area contributed by atoms with Crippen molar-refractivity contribution in [1.29, 1.82) is 0 Å². The summed E-state index contributed by atoms with van der Waals surface area (Å²) >= 11 is 1.27. The van der Waals surface area contributed by atoms with Crippen molar-refractivity contribution in [2.45, 2.75) is 18.7 Å². The first-order valence-corrected chi connectivity index (χ1v) is 6.67. The highest BCUT2D eigenvalue weighted by Gasteiger charge is 2.12. The van der Waals surface area contributed by atoms with Gasteiger partial charge in [0.15, 0.2) is 11.6 Å². The van der Waals surface area contributed by atoms with Gasteiger partial charge in [-0.2, -0.15) is 0 Å². The highest BCUT2D eigenvalue weighted by atomic mass is 32.2. The molecule has 0 radical (unpaired) electrons. The first-order chi connectivity index (χ1) is 8.10. The van der Waals surface area contributed by atoms with E-state index in [1.807, 2.05) is 0 Å². The van der Waals surface area contributed by atoms with Gasteiger partial charge in [0.1, 0.15) is 0 Å². The number of nitrogens with zero attached hydrogens (tertiary/aromatic N) is 1. The van der Waals surface area contributed by atoms with Gasteiger partial charge < -0.3 is 10.6 Å². The first kappa shape index (κ1) is 14.3. The zero-order chi connectivity index (χ0) is 12.8. The number of halogens is 2. The molecule has 0 aromatic heterocycles. The van der Waals surface area contributed by atoms with Gasteiger partial charge in [-0.3, -0.25) is 0 Å². The molecule has 0 aliphatic rings. The van der Waals surface area contributed by atoms with Crippen LogP contribution in [-0.2, 0) is 0 Å². The molecule has 2 N–H and O–H groups in total. The number of nitrogen functional groups attached to an aromatic ring is 1. The minimum atomic E-state index is -0.843. The topological polar surface area (TPSA) is 29.3 Å². The van der Waals surface area contributed by atoms with Crippen LogP contribution in [0.5, 0.6) is 0 Å². The van der Waals surface area contributed by atoms with Gasteiger partial charge in [0.25, 0.3) is 0 Å². The van der Waals surface area contributed by atoms with Crippen molar-refractivity contribution in [2.75, 3.05) is 31.1 Å².